The molecule has 0 aromatic heterocycles. The summed E-state index contributed by atoms with van der Waals surface area (Å²) in [5.74, 6) is -0.0934. The van der Waals surface area contributed by atoms with Gasteiger partial charge in [0.05, 0.1) is 0 Å². The minimum absolute atomic E-state index is 0. The van der Waals surface area contributed by atoms with Crippen LogP contribution in [0.1, 0.15) is 206 Å². The first-order chi connectivity index (χ1) is 19.3. The van der Waals surface area contributed by atoms with Crippen molar-refractivity contribution in [2.24, 2.45) is 0 Å². The molecular weight excluding hydrogens is 501 g/mol. The standard InChI is InChI=1S/C36H71NO2.Na.H/c1-3-5-7-9-11-13-15-17-19-21-23-25-27-29-31-33-35-37-39-36(38)34-32-30-28-26-24-22-20-18-16-14-12-10-8-6-4-2;;/h18,20,37H,3-17,19,21-35H2,1-2H3;;/b20-18-;;. The number of carbonyl (C=O) groups excluding carboxylic acids is 1. The van der Waals surface area contributed by atoms with Crippen LogP contribution >= 0.6 is 0 Å². The van der Waals surface area contributed by atoms with Gasteiger partial charge in [0.2, 0.25) is 0 Å². The van der Waals surface area contributed by atoms with Crippen molar-refractivity contribution in [2.75, 3.05) is 6.54 Å². The Bertz CT molecular complexity index is 497. The fourth-order valence-electron chi connectivity index (χ4n) is 5.27. The quantitative estimate of drug-likeness (QED) is 0.0367. The Kier molecular flexibility index (Phi) is 41.4. The zero-order chi connectivity index (χ0) is 28.3. The van der Waals surface area contributed by atoms with E-state index in [2.05, 4.69) is 31.5 Å². The number of rotatable bonds is 33. The summed E-state index contributed by atoms with van der Waals surface area (Å²) >= 11 is 0. The van der Waals surface area contributed by atoms with Gasteiger partial charge in [-0.25, -0.2) is 0 Å². The van der Waals surface area contributed by atoms with Crippen LogP contribution in [-0.4, -0.2) is 42.1 Å². The summed E-state index contributed by atoms with van der Waals surface area (Å²) in [5.41, 5.74) is 2.88. The number of hydroxylamine groups is 1. The van der Waals surface area contributed by atoms with Gasteiger partial charge in [-0.05, 0) is 38.5 Å². The van der Waals surface area contributed by atoms with E-state index in [0.717, 1.165) is 25.8 Å². The second kappa shape index (κ2) is 39.2. The molecule has 0 bridgehead atoms. The van der Waals surface area contributed by atoms with Crippen LogP contribution in [0, 0.1) is 0 Å². The third-order valence-corrected chi connectivity index (χ3v) is 7.96. The second-order valence-corrected chi connectivity index (χ2v) is 12.0. The molecule has 0 unspecified atom stereocenters. The maximum absolute atomic E-state index is 11.9. The van der Waals surface area contributed by atoms with E-state index in [9.17, 15) is 4.79 Å². The predicted octanol–water partition coefficient (Wildman–Crippen LogP) is 11.7. The Morgan fingerprint density at radius 1 is 0.475 bits per heavy atom. The average molecular weight is 574 g/mol. The minimum atomic E-state index is -0.0934. The van der Waals surface area contributed by atoms with Crippen LogP contribution in [0.3, 0.4) is 0 Å². The van der Waals surface area contributed by atoms with Crippen molar-refractivity contribution in [3.63, 3.8) is 0 Å². The number of hydrogen-bond acceptors (Lipinski definition) is 3. The molecule has 0 amide bonds. The van der Waals surface area contributed by atoms with E-state index in [1.807, 2.05) is 0 Å². The number of hydrogen-bond donors (Lipinski definition) is 1. The number of unbranched alkanes of at least 4 members (excludes halogenated alkanes) is 26. The molecule has 3 nitrogen and oxygen atoms in total. The molecule has 0 aliphatic heterocycles. The summed E-state index contributed by atoms with van der Waals surface area (Å²) in [6.45, 7) is 5.35. The van der Waals surface area contributed by atoms with E-state index >= 15 is 0 Å². The number of allylic oxidation sites excluding steroid dienone is 2. The Morgan fingerprint density at radius 3 is 1.20 bits per heavy atom. The van der Waals surface area contributed by atoms with Gasteiger partial charge in [-0.15, -0.1) is 0 Å². The molecule has 40 heavy (non-hydrogen) atoms. The summed E-state index contributed by atoms with van der Waals surface area (Å²) in [5, 5.41) is 0. The van der Waals surface area contributed by atoms with E-state index in [0.29, 0.717) is 6.42 Å². The zero-order valence-electron chi connectivity index (χ0n) is 26.9. The molecule has 0 aromatic carbocycles. The first kappa shape index (κ1) is 42.3. The van der Waals surface area contributed by atoms with Crippen LogP contribution in [0.4, 0.5) is 0 Å². The second-order valence-electron chi connectivity index (χ2n) is 12.0. The van der Waals surface area contributed by atoms with Crippen molar-refractivity contribution in [1.29, 1.82) is 0 Å². The molecule has 1 N–H and O–H groups in total. The van der Waals surface area contributed by atoms with Crippen LogP contribution in [0.2, 0.25) is 0 Å². The fraction of sp³-hybridized carbons (Fsp3) is 0.917. The zero-order valence-corrected chi connectivity index (χ0v) is 26.9. The molecule has 0 saturated heterocycles. The van der Waals surface area contributed by atoms with Gasteiger partial charge in [-0.1, -0.05) is 174 Å². The number of carbonyl (C=O) groups is 1. The Labute approximate surface area is 274 Å². The van der Waals surface area contributed by atoms with Crippen molar-refractivity contribution in [3.05, 3.63) is 12.2 Å². The van der Waals surface area contributed by atoms with Crippen LogP contribution in [0.25, 0.3) is 0 Å². The van der Waals surface area contributed by atoms with Gasteiger partial charge >= 0.3 is 35.5 Å². The summed E-state index contributed by atoms with van der Waals surface area (Å²) in [7, 11) is 0. The molecule has 0 saturated carbocycles. The van der Waals surface area contributed by atoms with Crippen molar-refractivity contribution >= 4 is 35.5 Å². The Balaban J connectivity index is 0. The van der Waals surface area contributed by atoms with Crippen LogP contribution in [0.5, 0.6) is 0 Å². The Morgan fingerprint density at radius 2 is 0.800 bits per heavy atom. The van der Waals surface area contributed by atoms with E-state index < -0.39 is 0 Å². The monoisotopic (exact) mass is 574 g/mol. The molecule has 0 radical (unpaired) electrons. The van der Waals surface area contributed by atoms with Gasteiger partial charge < -0.3 is 4.84 Å². The third-order valence-electron chi connectivity index (χ3n) is 7.96. The third kappa shape index (κ3) is 38.2. The predicted molar refractivity (Wildman–Crippen MR) is 180 cm³/mol. The van der Waals surface area contributed by atoms with E-state index in [-0.39, 0.29) is 35.5 Å². The van der Waals surface area contributed by atoms with E-state index in [4.69, 9.17) is 4.84 Å². The van der Waals surface area contributed by atoms with Gasteiger partial charge in [0, 0.05) is 13.0 Å². The SMILES string of the molecule is CCCCCCCC/C=C\CCCCCCCC(=O)ONCCCCCCCCCCCCCCCCCC.[NaH]. The van der Waals surface area contributed by atoms with E-state index in [1.165, 1.54) is 167 Å². The van der Waals surface area contributed by atoms with Crippen LogP contribution < -0.4 is 5.48 Å². The van der Waals surface area contributed by atoms with Crippen molar-refractivity contribution in [2.45, 2.75) is 206 Å². The molecule has 0 atom stereocenters. The van der Waals surface area contributed by atoms with Gasteiger partial charge in [0.25, 0.3) is 0 Å². The maximum atomic E-state index is 11.9. The van der Waals surface area contributed by atoms with Crippen LogP contribution in [-0.2, 0) is 9.63 Å². The van der Waals surface area contributed by atoms with Gasteiger partial charge in [-0.2, -0.15) is 5.48 Å². The molecule has 0 aromatic rings. The van der Waals surface area contributed by atoms with Crippen molar-refractivity contribution in [3.8, 4) is 0 Å². The summed E-state index contributed by atoms with van der Waals surface area (Å²) in [4.78, 5) is 17.0. The molecule has 4 heteroatoms. The first-order valence-electron chi connectivity index (χ1n) is 17.9. The first-order valence-corrected chi connectivity index (χ1v) is 17.9. The summed E-state index contributed by atoms with van der Waals surface area (Å²) in [6.07, 6.45) is 44.0. The molecule has 0 aliphatic rings. The topological polar surface area (TPSA) is 38.3 Å². The molecule has 0 aliphatic carbocycles. The summed E-state index contributed by atoms with van der Waals surface area (Å²) in [6, 6.07) is 0. The van der Waals surface area contributed by atoms with E-state index in [1.54, 1.807) is 0 Å². The molecule has 234 valence electrons. The summed E-state index contributed by atoms with van der Waals surface area (Å²) < 4.78 is 0. The average Bonchev–Trinajstić information content (AvgIpc) is 2.94. The molecule has 0 spiro atoms. The molecular formula is C36H72NNaO2. The van der Waals surface area contributed by atoms with Crippen molar-refractivity contribution in [1.82, 2.24) is 5.48 Å². The molecule has 0 rings (SSSR count). The molecule has 0 fully saturated rings. The van der Waals surface area contributed by atoms with Gasteiger partial charge in [-0.3, -0.25) is 4.79 Å². The normalized spacial score (nSPS) is 11.2. The Hall–Kier alpha value is 0.170. The van der Waals surface area contributed by atoms with Crippen molar-refractivity contribution < 1.29 is 9.63 Å². The van der Waals surface area contributed by atoms with Gasteiger partial charge in [0.1, 0.15) is 0 Å². The number of nitrogens with one attached hydrogen (secondary N) is 1. The van der Waals surface area contributed by atoms with Gasteiger partial charge in [0.15, 0.2) is 0 Å². The van der Waals surface area contributed by atoms with Crippen LogP contribution in [0.15, 0.2) is 12.2 Å². The molecule has 0 heterocycles. The fourth-order valence-corrected chi connectivity index (χ4v) is 5.27.